The van der Waals surface area contributed by atoms with Crippen LogP contribution in [0.25, 0.3) is 11.3 Å². The molecule has 1 aromatic heterocycles. The van der Waals surface area contributed by atoms with Crippen LogP contribution < -0.4 is 0 Å². The van der Waals surface area contributed by atoms with Gasteiger partial charge in [0.2, 0.25) is 0 Å². The van der Waals surface area contributed by atoms with Crippen LogP contribution in [0.5, 0.6) is 5.75 Å². The number of H-pyrrole nitrogens is 1. The highest BCUT2D eigenvalue weighted by Gasteiger charge is 2.19. The van der Waals surface area contributed by atoms with Gasteiger partial charge >= 0.3 is 5.97 Å². The molecule has 6 heteroatoms. The zero-order valence-electron chi connectivity index (χ0n) is 10.1. The topological polar surface area (TPSA) is 88.1 Å². The zero-order chi connectivity index (χ0) is 13.1. The number of aromatic amines is 1. The number of hydrogen-bond acceptors (Lipinski definition) is 5. The molecule has 18 heavy (non-hydrogen) atoms. The average Bonchev–Trinajstić information content (AvgIpc) is 2.82. The Balaban J connectivity index is 2.42. The van der Waals surface area contributed by atoms with Gasteiger partial charge in [-0.3, -0.25) is 0 Å². The lowest BCUT2D eigenvalue weighted by atomic mass is 10.1. The molecule has 0 amide bonds. The number of carbonyl (C=O) groups excluding carboxylic acids is 1. The minimum Gasteiger partial charge on any atom is -0.508 e. The molecule has 0 atom stereocenters. The number of phenols is 1. The van der Waals surface area contributed by atoms with E-state index in [4.69, 9.17) is 4.74 Å². The summed E-state index contributed by atoms with van der Waals surface area (Å²) in [7, 11) is 0. The van der Waals surface area contributed by atoms with Gasteiger partial charge in [-0.25, -0.2) is 4.79 Å². The molecule has 0 aliphatic heterocycles. The number of carbonyl (C=O) groups is 1. The summed E-state index contributed by atoms with van der Waals surface area (Å²) in [4.78, 5) is 11.6. The van der Waals surface area contributed by atoms with E-state index < -0.39 is 5.97 Å². The summed E-state index contributed by atoms with van der Waals surface area (Å²) in [6.45, 7) is 3.77. The summed E-state index contributed by atoms with van der Waals surface area (Å²) >= 11 is 0. The second-order valence-electron chi connectivity index (χ2n) is 3.74. The maximum absolute atomic E-state index is 11.6. The Hall–Kier alpha value is -2.37. The van der Waals surface area contributed by atoms with Gasteiger partial charge in [0.05, 0.1) is 6.61 Å². The number of aromatic hydroxyl groups is 1. The third-order valence-electron chi connectivity index (χ3n) is 2.50. The van der Waals surface area contributed by atoms with E-state index in [0.29, 0.717) is 11.3 Å². The SMILES string of the molecule is CCOC(=O)c1n[nH]nc1-c1ccc(C)c(O)c1. The molecule has 2 N–H and O–H groups in total. The normalized spacial score (nSPS) is 10.3. The lowest BCUT2D eigenvalue weighted by molar-refractivity contribution is 0.0520. The second-order valence-corrected chi connectivity index (χ2v) is 3.74. The fourth-order valence-corrected chi connectivity index (χ4v) is 1.53. The summed E-state index contributed by atoms with van der Waals surface area (Å²) < 4.78 is 4.88. The van der Waals surface area contributed by atoms with Crippen LogP contribution in [-0.4, -0.2) is 33.1 Å². The molecule has 2 rings (SSSR count). The number of ether oxygens (including phenoxy) is 1. The average molecular weight is 247 g/mol. The van der Waals surface area contributed by atoms with Crippen LogP contribution in [0.4, 0.5) is 0 Å². The van der Waals surface area contributed by atoms with Crippen LogP contribution in [0.3, 0.4) is 0 Å². The van der Waals surface area contributed by atoms with Crippen LogP contribution in [0.15, 0.2) is 18.2 Å². The number of aryl methyl sites for hydroxylation is 1. The minimum absolute atomic E-state index is 0.111. The van der Waals surface area contributed by atoms with Gasteiger partial charge in [0.15, 0.2) is 5.69 Å². The van der Waals surface area contributed by atoms with Crippen molar-refractivity contribution in [3.05, 3.63) is 29.5 Å². The van der Waals surface area contributed by atoms with Crippen molar-refractivity contribution < 1.29 is 14.6 Å². The van der Waals surface area contributed by atoms with E-state index in [1.165, 1.54) is 6.07 Å². The summed E-state index contributed by atoms with van der Waals surface area (Å²) in [5.41, 5.74) is 1.83. The van der Waals surface area contributed by atoms with E-state index >= 15 is 0 Å². The number of nitrogens with one attached hydrogen (secondary N) is 1. The number of nitrogens with zero attached hydrogens (tertiary/aromatic N) is 2. The Morgan fingerprint density at radius 2 is 2.22 bits per heavy atom. The highest BCUT2D eigenvalue weighted by molar-refractivity contribution is 5.94. The van der Waals surface area contributed by atoms with Crippen molar-refractivity contribution >= 4 is 5.97 Å². The maximum Gasteiger partial charge on any atom is 0.361 e. The number of rotatable bonds is 3. The van der Waals surface area contributed by atoms with Crippen LogP contribution in [-0.2, 0) is 4.74 Å². The molecule has 0 saturated heterocycles. The summed E-state index contributed by atoms with van der Waals surface area (Å²) in [6.07, 6.45) is 0. The molecule has 0 saturated carbocycles. The van der Waals surface area contributed by atoms with Crippen LogP contribution in [0, 0.1) is 6.92 Å². The minimum atomic E-state index is -0.540. The first-order chi connectivity index (χ1) is 8.63. The predicted octanol–water partition coefficient (Wildman–Crippen LogP) is 1.66. The van der Waals surface area contributed by atoms with Gasteiger partial charge < -0.3 is 9.84 Å². The fourth-order valence-electron chi connectivity index (χ4n) is 1.53. The quantitative estimate of drug-likeness (QED) is 0.805. The monoisotopic (exact) mass is 247 g/mol. The molecule has 6 nitrogen and oxygen atoms in total. The molecule has 2 aromatic rings. The van der Waals surface area contributed by atoms with E-state index in [1.54, 1.807) is 26.0 Å². The number of hydrogen-bond donors (Lipinski definition) is 2. The molecule has 0 unspecified atom stereocenters. The van der Waals surface area contributed by atoms with Crippen LogP contribution >= 0.6 is 0 Å². The predicted molar refractivity (Wildman–Crippen MR) is 64.2 cm³/mol. The zero-order valence-corrected chi connectivity index (χ0v) is 10.1. The lowest BCUT2D eigenvalue weighted by Gasteiger charge is -2.03. The van der Waals surface area contributed by atoms with E-state index in [0.717, 1.165) is 5.56 Å². The number of phenolic OH excluding ortho intramolecular Hbond substituents is 1. The number of esters is 1. The molecule has 1 aromatic carbocycles. The van der Waals surface area contributed by atoms with E-state index in [1.807, 2.05) is 0 Å². The molecule has 0 aliphatic carbocycles. The highest BCUT2D eigenvalue weighted by Crippen LogP contribution is 2.26. The highest BCUT2D eigenvalue weighted by atomic mass is 16.5. The van der Waals surface area contributed by atoms with E-state index in [2.05, 4.69) is 15.4 Å². The van der Waals surface area contributed by atoms with Gasteiger partial charge in [0.1, 0.15) is 11.4 Å². The third kappa shape index (κ3) is 2.17. The summed E-state index contributed by atoms with van der Waals surface area (Å²) in [6, 6.07) is 5.04. The molecular weight excluding hydrogens is 234 g/mol. The van der Waals surface area contributed by atoms with E-state index in [-0.39, 0.29) is 18.1 Å². The van der Waals surface area contributed by atoms with Crippen molar-refractivity contribution in [3.63, 3.8) is 0 Å². The maximum atomic E-state index is 11.6. The smallest absolute Gasteiger partial charge is 0.361 e. The van der Waals surface area contributed by atoms with Gasteiger partial charge in [-0.2, -0.15) is 10.3 Å². The summed E-state index contributed by atoms with van der Waals surface area (Å²) in [5.74, 6) is -0.397. The van der Waals surface area contributed by atoms with Crippen LogP contribution in [0.2, 0.25) is 0 Å². The van der Waals surface area contributed by atoms with Crippen molar-refractivity contribution in [3.8, 4) is 17.0 Å². The fraction of sp³-hybridized carbons (Fsp3) is 0.250. The molecule has 0 bridgehead atoms. The second kappa shape index (κ2) is 4.87. The number of aromatic nitrogens is 3. The third-order valence-corrected chi connectivity index (χ3v) is 2.50. The Kier molecular flexibility index (Phi) is 3.27. The first-order valence-corrected chi connectivity index (χ1v) is 5.51. The van der Waals surface area contributed by atoms with Gasteiger partial charge in [-0.15, -0.1) is 5.10 Å². The Morgan fingerprint density at radius 1 is 1.44 bits per heavy atom. The van der Waals surface area contributed by atoms with Gasteiger partial charge in [0.25, 0.3) is 0 Å². The van der Waals surface area contributed by atoms with Crippen LogP contribution in [0.1, 0.15) is 23.0 Å². The van der Waals surface area contributed by atoms with Crippen molar-refractivity contribution in [1.29, 1.82) is 0 Å². The Labute approximate surface area is 104 Å². The Bertz CT molecular complexity index is 578. The van der Waals surface area contributed by atoms with E-state index in [9.17, 15) is 9.90 Å². The van der Waals surface area contributed by atoms with Gasteiger partial charge in [0, 0.05) is 5.56 Å². The van der Waals surface area contributed by atoms with Crippen molar-refractivity contribution in [2.75, 3.05) is 6.61 Å². The Morgan fingerprint density at radius 3 is 2.89 bits per heavy atom. The largest absolute Gasteiger partial charge is 0.508 e. The molecule has 0 spiro atoms. The van der Waals surface area contributed by atoms with Gasteiger partial charge in [-0.05, 0) is 25.5 Å². The molecule has 0 radical (unpaired) electrons. The molecule has 0 fully saturated rings. The standard InChI is InChI=1S/C12H13N3O3/c1-3-18-12(17)11-10(13-15-14-11)8-5-4-7(2)9(16)6-8/h4-6,16H,3H2,1-2H3,(H,13,14,15). The van der Waals surface area contributed by atoms with Crippen molar-refractivity contribution in [1.82, 2.24) is 15.4 Å². The lowest BCUT2D eigenvalue weighted by Crippen LogP contribution is -2.06. The summed E-state index contributed by atoms with van der Waals surface area (Å²) in [5, 5.41) is 19.7. The first-order valence-electron chi connectivity index (χ1n) is 5.51. The molecular formula is C12H13N3O3. The van der Waals surface area contributed by atoms with Crippen molar-refractivity contribution in [2.24, 2.45) is 0 Å². The van der Waals surface area contributed by atoms with Gasteiger partial charge in [-0.1, -0.05) is 12.1 Å². The first kappa shape index (κ1) is 12.1. The molecule has 0 aliphatic rings. The molecule has 94 valence electrons. The molecule has 1 heterocycles. The van der Waals surface area contributed by atoms with Crippen molar-refractivity contribution in [2.45, 2.75) is 13.8 Å². The number of benzene rings is 1.